The van der Waals surface area contributed by atoms with Crippen molar-refractivity contribution in [2.75, 3.05) is 13.2 Å². The zero-order valence-electron chi connectivity index (χ0n) is 19.1. The maximum Gasteiger partial charge on any atom is 0.308 e. The molecule has 0 unspecified atom stereocenters. The van der Waals surface area contributed by atoms with Crippen molar-refractivity contribution >= 4 is 23.7 Å². The zero-order chi connectivity index (χ0) is 23.8. The van der Waals surface area contributed by atoms with Crippen LogP contribution in [0.25, 0.3) is 0 Å². The van der Waals surface area contributed by atoms with E-state index in [9.17, 15) is 19.2 Å². The first-order valence-corrected chi connectivity index (χ1v) is 11.4. The molecule has 2 aromatic carbocycles. The van der Waals surface area contributed by atoms with Gasteiger partial charge in [0.1, 0.15) is 0 Å². The highest BCUT2D eigenvalue weighted by Gasteiger charge is 2.34. The lowest BCUT2D eigenvalue weighted by Crippen LogP contribution is -2.31. The van der Waals surface area contributed by atoms with E-state index in [1.165, 1.54) is 4.90 Å². The molecule has 0 aromatic heterocycles. The Morgan fingerprint density at radius 2 is 1.58 bits per heavy atom. The number of fused-ring (bicyclic) bond motifs is 1. The van der Waals surface area contributed by atoms with Gasteiger partial charge in [-0.25, -0.2) is 0 Å². The zero-order valence-corrected chi connectivity index (χ0v) is 19.1. The molecule has 0 aliphatic carbocycles. The Labute approximate surface area is 194 Å². The summed E-state index contributed by atoms with van der Waals surface area (Å²) in [6.45, 7) is 4.35. The molecule has 1 N–H and O–H groups in total. The van der Waals surface area contributed by atoms with Gasteiger partial charge in [-0.15, -0.1) is 0 Å². The Hall–Kier alpha value is -3.48. The van der Waals surface area contributed by atoms with Crippen molar-refractivity contribution in [2.45, 2.75) is 52.0 Å². The van der Waals surface area contributed by atoms with E-state index >= 15 is 0 Å². The van der Waals surface area contributed by atoms with E-state index in [2.05, 4.69) is 5.32 Å². The largest absolute Gasteiger partial charge is 0.466 e. The maximum atomic E-state index is 12.5. The lowest BCUT2D eigenvalue weighted by Gasteiger charge is -2.19. The summed E-state index contributed by atoms with van der Waals surface area (Å²) in [4.78, 5) is 50.6. The minimum absolute atomic E-state index is 0.0718. The van der Waals surface area contributed by atoms with Crippen molar-refractivity contribution < 1.29 is 23.9 Å². The third-order valence-electron chi connectivity index (χ3n) is 5.65. The van der Waals surface area contributed by atoms with E-state index < -0.39 is 6.04 Å². The van der Waals surface area contributed by atoms with Crippen molar-refractivity contribution in [3.8, 4) is 0 Å². The molecule has 3 amide bonds. The molecule has 1 heterocycles. The number of rotatable bonds is 11. The van der Waals surface area contributed by atoms with Gasteiger partial charge in [-0.1, -0.05) is 48.4 Å². The number of nitrogens with one attached hydrogen (secondary N) is 1. The molecule has 1 atom stereocenters. The predicted molar refractivity (Wildman–Crippen MR) is 124 cm³/mol. The van der Waals surface area contributed by atoms with Gasteiger partial charge in [0.15, 0.2) is 0 Å². The van der Waals surface area contributed by atoms with E-state index in [0.717, 1.165) is 11.1 Å². The summed E-state index contributed by atoms with van der Waals surface area (Å²) in [5.41, 5.74) is 2.85. The summed E-state index contributed by atoms with van der Waals surface area (Å²) in [5, 5.41) is 2.94. The summed E-state index contributed by atoms with van der Waals surface area (Å²) >= 11 is 0. The van der Waals surface area contributed by atoms with Crippen LogP contribution in [0.4, 0.5) is 0 Å². The van der Waals surface area contributed by atoms with E-state index in [4.69, 9.17) is 4.74 Å². The van der Waals surface area contributed by atoms with Gasteiger partial charge in [-0.2, -0.15) is 0 Å². The highest BCUT2D eigenvalue weighted by molar-refractivity contribution is 6.21. The Morgan fingerprint density at radius 3 is 2.18 bits per heavy atom. The van der Waals surface area contributed by atoms with Crippen LogP contribution in [0.3, 0.4) is 0 Å². The number of benzene rings is 2. The molecule has 1 aliphatic rings. The van der Waals surface area contributed by atoms with Gasteiger partial charge in [0.05, 0.1) is 30.2 Å². The Balaban J connectivity index is 1.45. The van der Waals surface area contributed by atoms with Crippen LogP contribution in [-0.2, 0) is 14.3 Å². The van der Waals surface area contributed by atoms with E-state index in [1.807, 2.05) is 31.2 Å². The van der Waals surface area contributed by atoms with Gasteiger partial charge in [0, 0.05) is 13.0 Å². The number of carbonyl (C=O) groups excluding carboxylic acids is 4. The van der Waals surface area contributed by atoms with E-state index in [1.54, 1.807) is 31.2 Å². The first-order chi connectivity index (χ1) is 15.9. The Kier molecular flexibility index (Phi) is 8.35. The molecule has 7 heteroatoms. The number of imide groups is 1. The normalized spacial score (nSPS) is 13.6. The highest BCUT2D eigenvalue weighted by Crippen LogP contribution is 2.23. The van der Waals surface area contributed by atoms with Crippen LogP contribution in [-0.4, -0.2) is 41.7 Å². The standard InChI is InChI=1S/C26H30N2O5/c1-3-33-24(30)17-22(19-14-12-18(2)13-15-19)27-23(29)11-5-4-8-16-28-25(31)20-9-6-7-10-21(20)26(28)32/h6-7,9-10,12-15,22H,3-5,8,11,16-17H2,1-2H3,(H,27,29)/t22-/m0/s1. The van der Waals surface area contributed by atoms with Crippen molar-refractivity contribution in [1.82, 2.24) is 10.2 Å². The number of esters is 1. The second-order valence-electron chi connectivity index (χ2n) is 8.16. The van der Waals surface area contributed by atoms with Gasteiger partial charge in [0.25, 0.3) is 11.8 Å². The summed E-state index contributed by atoms with van der Waals surface area (Å²) in [5.74, 6) is -1.02. The van der Waals surface area contributed by atoms with Gasteiger partial charge in [-0.05, 0) is 44.4 Å². The Bertz CT molecular complexity index is 981. The average Bonchev–Trinajstić information content (AvgIpc) is 3.04. The molecule has 0 saturated carbocycles. The maximum absolute atomic E-state index is 12.5. The van der Waals surface area contributed by atoms with Gasteiger partial charge in [-0.3, -0.25) is 24.1 Å². The Morgan fingerprint density at radius 1 is 0.939 bits per heavy atom. The summed E-state index contributed by atoms with van der Waals surface area (Å²) in [6, 6.07) is 14.1. The molecule has 3 rings (SSSR count). The summed E-state index contributed by atoms with van der Waals surface area (Å²) < 4.78 is 5.05. The number of amides is 3. The minimum Gasteiger partial charge on any atom is -0.466 e. The monoisotopic (exact) mass is 450 g/mol. The fraction of sp³-hybridized carbons (Fsp3) is 0.385. The SMILES string of the molecule is CCOC(=O)C[C@H](NC(=O)CCCCCN1C(=O)c2ccccc2C1=O)c1ccc(C)cc1. The second kappa shape index (κ2) is 11.4. The number of aryl methyl sites for hydroxylation is 1. The van der Waals surface area contributed by atoms with Crippen LogP contribution in [0.1, 0.15) is 76.9 Å². The summed E-state index contributed by atoms with van der Waals surface area (Å²) in [7, 11) is 0. The molecule has 1 aliphatic heterocycles. The van der Waals surface area contributed by atoms with E-state index in [0.29, 0.717) is 50.0 Å². The number of carbonyl (C=O) groups is 4. The molecule has 7 nitrogen and oxygen atoms in total. The molecule has 2 aromatic rings. The van der Waals surface area contributed by atoms with Crippen molar-refractivity contribution in [1.29, 1.82) is 0 Å². The number of unbranched alkanes of at least 4 members (excludes halogenated alkanes) is 2. The fourth-order valence-corrected chi connectivity index (χ4v) is 3.88. The van der Waals surface area contributed by atoms with Gasteiger partial charge in [0.2, 0.25) is 5.91 Å². The van der Waals surface area contributed by atoms with Crippen molar-refractivity contribution in [3.63, 3.8) is 0 Å². The first-order valence-electron chi connectivity index (χ1n) is 11.4. The quantitative estimate of drug-likeness (QED) is 0.318. The van der Waals surface area contributed by atoms with E-state index in [-0.39, 0.29) is 30.1 Å². The molecular weight excluding hydrogens is 420 g/mol. The third kappa shape index (κ3) is 6.28. The third-order valence-corrected chi connectivity index (χ3v) is 5.65. The molecule has 0 radical (unpaired) electrons. The second-order valence-corrected chi connectivity index (χ2v) is 8.16. The van der Waals surface area contributed by atoms with Crippen LogP contribution in [0.5, 0.6) is 0 Å². The number of hydrogen-bond acceptors (Lipinski definition) is 5. The number of ether oxygens (including phenoxy) is 1. The topological polar surface area (TPSA) is 92.8 Å². The predicted octanol–water partition coefficient (Wildman–Crippen LogP) is 3.96. The molecule has 33 heavy (non-hydrogen) atoms. The highest BCUT2D eigenvalue weighted by atomic mass is 16.5. The molecule has 0 saturated heterocycles. The van der Waals surface area contributed by atoms with Gasteiger partial charge >= 0.3 is 5.97 Å². The van der Waals surface area contributed by atoms with Crippen LogP contribution in [0.2, 0.25) is 0 Å². The van der Waals surface area contributed by atoms with Crippen LogP contribution >= 0.6 is 0 Å². The number of nitrogens with zero attached hydrogens (tertiary/aromatic N) is 1. The molecule has 174 valence electrons. The molecule has 0 fully saturated rings. The van der Waals surface area contributed by atoms with Crippen molar-refractivity contribution in [3.05, 3.63) is 70.8 Å². The fourth-order valence-electron chi connectivity index (χ4n) is 3.88. The number of hydrogen-bond donors (Lipinski definition) is 1. The molecule has 0 spiro atoms. The molecular formula is C26H30N2O5. The first kappa shape index (κ1) is 24.2. The smallest absolute Gasteiger partial charge is 0.308 e. The lowest BCUT2D eigenvalue weighted by molar-refractivity contribution is -0.143. The molecule has 0 bridgehead atoms. The summed E-state index contributed by atoms with van der Waals surface area (Å²) in [6.07, 6.45) is 2.32. The van der Waals surface area contributed by atoms with Crippen LogP contribution in [0.15, 0.2) is 48.5 Å². The van der Waals surface area contributed by atoms with Crippen LogP contribution < -0.4 is 5.32 Å². The lowest BCUT2D eigenvalue weighted by atomic mass is 10.0. The minimum atomic E-state index is -0.449. The van der Waals surface area contributed by atoms with Crippen molar-refractivity contribution in [2.24, 2.45) is 0 Å². The average molecular weight is 451 g/mol. The van der Waals surface area contributed by atoms with Crippen LogP contribution in [0, 0.1) is 6.92 Å². The van der Waals surface area contributed by atoms with Gasteiger partial charge < -0.3 is 10.1 Å².